The predicted octanol–water partition coefficient (Wildman–Crippen LogP) is 5.15. The van der Waals surface area contributed by atoms with Gasteiger partial charge in [0.15, 0.2) is 0 Å². The number of ether oxygens (including phenoxy) is 1. The Morgan fingerprint density at radius 3 is 2.96 bits per heavy atom. The largest absolute Gasteiger partial charge is 0.453 e. The molecule has 9 heteroatoms. The summed E-state index contributed by atoms with van der Waals surface area (Å²) in [6.45, 7) is 0. The number of thiazole rings is 1. The van der Waals surface area contributed by atoms with Crippen molar-refractivity contribution in [3.63, 3.8) is 0 Å². The molecule has 0 radical (unpaired) electrons. The van der Waals surface area contributed by atoms with Crippen molar-refractivity contribution in [2.24, 2.45) is 5.10 Å². The average Bonchev–Trinajstić information content (AvgIpc) is 3.24. The van der Waals surface area contributed by atoms with Crippen molar-refractivity contribution < 1.29 is 9.53 Å². The van der Waals surface area contributed by atoms with E-state index in [-0.39, 0.29) is 0 Å². The van der Waals surface area contributed by atoms with Gasteiger partial charge in [-0.3, -0.25) is 10.7 Å². The van der Waals surface area contributed by atoms with Crippen LogP contribution >= 0.6 is 34.3 Å². The Labute approximate surface area is 157 Å². The smallest absolute Gasteiger partial charge is 0.412 e. The molecular formula is C16H13ClN4O2S2. The van der Waals surface area contributed by atoms with Gasteiger partial charge in [-0.15, -0.1) is 11.3 Å². The molecule has 0 spiro atoms. The van der Waals surface area contributed by atoms with Gasteiger partial charge in [0.1, 0.15) is 10.7 Å². The number of anilines is 2. The van der Waals surface area contributed by atoms with E-state index in [4.69, 9.17) is 11.6 Å². The number of aromatic nitrogens is 1. The highest BCUT2D eigenvalue weighted by molar-refractivity contribution is 7.21. The first-order valence-corrected chi connectivity index (χ1v) is 9.17. The van der Waals surface area contributed by atoms with Crippen LogP contribution in [-0.4, -0.2) is 24.4 Å². The van der Waals surface area contributed by atoms with E-state index in [2.05, 4.69) is 25.6 Å². The van der Waals surface area contributed by atoms with Crippen molar-refractivity contribution in [2.45, 2.75) is 0 Å². The number of nitrogens with one attached hydrogen (secondary N) is 2. The molecule has 0 saturated heterocycles. The lowest BCUT2D eigenvalue weighted by molar-refractivity contribution is 0.187. The number of hydrogen-bond donors (Lipinski definition) is 2. The third kappa shape index (κ3) is 4.56. The zero-order chi connectivity index (χ0) is 17.6. The second-order valence-electron chi connectivity index (χ2n) is 4.72. The summed E-state index contributed by atoms with van der Waals surface area (Å²) in [4.78, 5) is 17.0. The van der Waals surface area contributed by atoms with E-state index in [1.165, 1.54) is 29.8 Å². The summed E-state index contributed by atoms with van der Waals surface area (Å²) in [5, 5.41) is 10.6. The van der Waals surface area contributed by atoms with Gasteiger partial charge in [-0.25, -0.2) is 9.78 Å². The van der Waals surface area contributed by atoms with Gasteiger partial charge < -0.3 is 4.74 Å². The molecule has 0 unspecified atom stereocenters. The highest BCUT2D eigenvalue weighted by Crippen LogP contribution is 2.38. The number of hydrazone groups is 1. The van der Waals surface area contributed by atoms with Crippen molar-refractivity contribution in [3.8, 4) is 10.6 Å². The Balaban J connectivity index is 1.79. The van der Waals surface area contributed by atoms with Crippen molar-refractivity contribution in [1.29, 1.82) is 0 Å². The van der Waals surface area contributed by atoms with Crippen molar-refractivity contribution in [3.05, 3.63) is 52.4 Å². The summed E-state index contributed by atoms with van der Waals surface area (Å²) in [7, 11) is 1.32. The minimum Gasteiger partial charge on any atom is -0.453 e. The van der Waals surface area contributed by atoms with Crippen molar-refractivity contribution in [1.82, 2.24) is 4.98 Å². The summed E-state index contributed by atoms with van der Waals surface area (Å²) in [6, 6.07) is 11.2. The van der Waals surface area contributed by atoms with Crippen LogP contribution in [0, 0.1) is 0 Å². The molecule has 0 aliphatic heterocycles. The van der Waals surface area contributed by atoms with Crippen LogP contribution in [0.4, 0.5) is 14.9 Å². The summed E-state index contributed by atoms with van der Waals surface area (Å²) in [5.41, 5.74) is 4.41. The molecule has 0 atom stereocenters. The number of rotatable bonds is 5. The fourth-order valence-corrected chi connectivity index (χ4v) is 3.72. The molecule has 128 valence electrons. The second kappa shape index (κ2) is 8.11. The molecule has 2 aromatic heterocycles. The van der Waals surface area contributed by atoms with Gasteiger partial charge in [-0.2, -0.15) is 5.10 Å². The SMILES string of the molecule is COC(=O)Nc1sc(N/N=C/c2cccc(Cl)c2)nc1-c1cccs1. The van der Waals surface area contributed by atoms with Crippen LogP contribution in [0.5, 0.6) is 0 Å². The average molecular weight is 393 g/mol. The molecule has 0 aliphatic carbocycles. The molecule has 0 aliphatic rings. The maximum Gasteiger partial charge on any atom is 0.412 e. The number of benzene rings is 1. The fraction of sp³-hybridized carbons (Fsp3) is 0.0625. The van der Waals surface area contributed by atoms with E-state index in [1.807, 2.05) is 29.6 Å². The lowest BCUT2D eigenvalue weighted by atomic mass is 10.2. The summed E-state index contributed by atoms with van der Waals surface area (Å²) in [6.07, 6.45) is 1.10. The third-order valence-electron chi connectivity index (χ3n) is 3.01. The minimum atomic E-state index is -0.546. The van der Waals surface area contributed by atoms with Crippen molar-refractivity contribution in [2.75, 3.05) is 17.9 Å². The van der Waals surface area contributed by atoms with Gasteiger partial charge >= 0.3 is 6.09 Å². The minimum absolute atomic E-state index is 0.546. The first-order chi connectivity index (χ1) is 12.2. The zero-order valence-electron chi connectivity index (χ0n) is 13.0. The normalized spacial score (nSPS) is 10.8. The van der Waals surface area contributed by atoms with Crippen LogP contribution in [0.1, 0.15) is 5.56 Å². The molecule has 3 rings (SSSR count). The van der Waals surface area contributed by atoms with E-state index in [1.54, 1.807) is 18.3 Å². The summed E-state index contributed by atoms with van der Waals surface area (Å²) >= 11 is 8.75. The maximum atomic E-state index is 11.5. The molecule has 3 aromatic rings. The standard InChI is InChI=1S/C16H13ClN4O2S2/c1-23-16(22)20-14-13(12-6-3-7-24-12)19-15(25-14)21-18-9-10-4-2-5-11(17)8-10/h2-9H,1H3,(H,19,21)(H,20,22)/b18-9+. The molecule has 1 amide bonds. The lowest BCUT2D eigenvalue weighted by Gasteiger charge is -2.01. The molecular weight excluding hydrogens is 380 g/mol. The monoisotopic (exact) mass is 392 g/mol. The van der Waals surface area contributed by atoms with E-state index >= 15 is 0 Å². The fourth-order valence-electron chi connectivity index (χ4n) is 1.93. The van der Waals surface area contributed by atoms with E-state index in [0.717, 1.165) is 10.4 Å². The van der Waals surface area contributed by atoms with E-state index in [9.17, 15) is 4.79 Å². The number of hydrogen-bond acceptors (Lipinski definition) is 7. The first-order valence-electron chi connectivity index (χ1n) is 7.10. The Hall–Kier alpha value is -2.42. The van der Waals surface area contributed by atoms with Crippen LogP contribution in [0.2, 0.25) is 5.02 Å². The summed E-state index contributed by atoms with van der Waals surface area (Å²) in [5.74, 6) is 0. The van der Waals surface area contributed by atoms with E-state index in [0.29, 0.717) is 20.8 Å². The third-order valence-corrected chi connectivity index (χ3v) is 4.99. The molecule has 2 heterocycles. The highest BCUT2D eigenvalue weighted by Gasteiger charge is 2.16. The number of carbonyl (C=O) groups excluding carboxylic acids is 1. The Kier molecular flexibility index (Phi) is 5.64. The van der Waals surface area contributed by atoms with Crippen LogP contribution in [0.15, 0.2) is 46.9 Å². The number of thiophene rings is 1. The number of nitrogens with zero attached hydrogens (tertiary/aromatic N) is 2. The van der Waals surface area contributed by atoms with Gasteiger partial charge in [-0.1, -0.05) is 41.1 Å². The molecule has 0 bridgehead atoms. The van der Waals surface area contributed by atoms with Gasteiger partial charge in [0.25, 0.3) is 0 Å². The zero-order valence-corrected chi connectivity index (χ0v) is 15.4. The molecule has 25 heavy (non-hydrogen) atoms. The van der Waals surface area contributed by atoms with Crippen LogP contribution in [0.3, 0.4) is 0 Å². The number of amides is 1. The molecule has 6 nitrogen and oxygen atoms in total. The maximum absolute atomic E-state index is 11.5. The second-order valence-corrected chi connectivity index (χ2v) is 7.10. The number of carbonyl (C=O) groups is 1. The number of halogens is 1. The molecule has 0 fully saturated rings. The highest BCUT2D eigenvalue weighted by atomic mass is 35.5. The van der Waals surface area contributed by atoms with Gasteiger partial charge in [0.2, 0.25) is 5.13 Å². The Morgan fingerprint density at radius 1 is 1.36 bits per heavy atom. The van der Waals surface area contributed by atoms with Crippen LogP contribution in [-0.2, 0) is 4.74 Å². The Morgan fingerprint density at radius 2 is 2.24 bits per heavy atom. The molecule has 0 saturated carbocycles. The van der Waals surface area contributed by atoms with Crippen LogP contribution in [0.25, 0.3) is 10.6 Å². The quantitative estimate of drug-likeness (QED) is 0.465. The molecule has 2 N–H and O–H groups in total. The predicted molar refractivity (Wildman–Crippen MR) is 104 cm³/mol. The Bertz CT molecular complexity index is 893. The van der Waals surface area contributed by atoms with Crippen molar-refractivity contribution >= 4 is 56.7 Å². The first kappa shape index (κ1) is 17.4. The van der Waals surface area contributed by atoms with Gasteiger partial charge in [0.05, 0.1) is 18.2 Å². The van der Waals surface area contributed by atoms with E-state index < -0.39 is 6.09 Å². The molecule has 1 aromatic carbocycles. The van der Waals surface area contributed by atoms with Gasteiger partial charge in [-0.05, 0) is 29.1 Å². The number of methoxy groups -OCH3 is 1. The summed E-state index contributed by atoms with van der Waals surface area (Å²) < 4.78 is 4.66. The van der Waals surface area contributed by atoms with Crippen LogP contribution < -0.4 is 10.7 Å². The van der Waals surface area contributed by atoms with Gasteiger partial charge in [0, 0.05) is 5.02 Å². The topological polar surface area (TPSA) is 75.6 Å². The lowest BCUT2D eigenvalue weighted by Crippen LogP contribution is -2.10.